The molecule has 0 bridgehead atoms. The predicted molar refractivity (Wildman–Crippen MR) is 83.5 cm³/mol. The van der Waals surface area contributed by atoms with E-state index in [1.54, 1.807) is 12.2 Å². The van der Waals surface area contributed by atoms with Crippen molar-refractivity contribution < 1.29 is 8.78 Å². The van der Waals surface area contributed by atoms with Crippen molar-refractivity contribution in [2.24, 2.45) is 0 Å². The van der Waals surface area contributed by atoms with Crippen LogP contribution in [0.5, 0.6) is 0 Å². The van der Waals surface area contributed by atoms with Crippen molar-refractivity contribution in [2.45, 2.75) is 19.8 Å². The number of aromatic nitrogens is 2. The summed E-state index contributed by atoms with van der Waals surface area (Å²) in [6, 6.07) is 5.46. The Labute approximate surface area is 128 Å². The summed E-state index contributed by atoms with van der Waals surface area (Å²) in [4.78, 5) is 11.1. The zero-order chi connectivity index (χ0) is 15.5. The Morgan fingerprint density at radius 3 is 2.55 bits per heavy atom. The maximum atomic E-state index is 13.6. The molecule has 1 aromatic heterocycles. The first kappa shape index (κ1) is 14.6. The maximum absolute atomic E-state index is 13.6. The van der Waals surface area contributed by atoms with Crippen molar-refractivity contribution in [3.05, 3.63) is 53.0 Å². The number of halogens is 2. The molecule has 22 heavy (non-hydrogen) atoms. The molecule has 0 aliphatic carbocycles. The van der Waals surface area contributed by atoms with Gasteiger partial charge in [-0.3, -0.25) is 0 Å². The van der Waals surface area contributed by atoms with E-state index in [9.17, 15) is 8.78 Å². The van der Waals surface area contributed by atoms with Gasteiger partial charge in [0.2, 0.25) is 0 Å². The summed E-state index contributed by atoms with van der Waals surface area (Å²) in [7, 11) is 0. The van der Waals surface area contributed by atoms with E-state index in [2.05, 4.69) is 14.9 Å². The van der Waals surface area contributed by atoms with Crippen molar-refractivity contribution in [2.75, 3.05) is 18.0 Å². The van der Waals surface area contributed by atoms with Gasteiger partial charge in [-0.05, 0) is 44.1 Å². The molecule has 5 heteroatoms. The van der Waals surface area contributed by atoms with Gasteiger partial charge >= 0.3 is 0 Å². The average Bonchev–Trinajstić information content (AvgIpc) is 3.00. The van der Waals surface area contributed by atoms with Gasteiger partial charge in [-0.1, -0.05) is 0 Å². The van der Waals surface area contributed by atoms with Gasteiger partial charge < -0.3 is 4.90 Å². The number of hydrogen-bond acceptors (Lipinski definition) is 3. The highest BCUT2D eigenvalue weighted by atomic mass is 19.1. The highest BCUT2D eigenvalue weighted by molar-refractivity contribution is 5.67. The quantitative estimate of drug-likeness (QED) is 0.862. The van der Waals surface area contributed by atoms with Gasteiger partial charge in [-0.15, -0.1) is 0 Å². The number of anilines is 1. The van der Waals surface area contributed by atoms with Crippen LogP contribution in [-0.2, 0) is 0 Å². The molecule has 0 radical (unpaired) electrons. The van der Waals surface area contributed by atoms with E-state index in [4.69, 9.17) is 0 Å². The second-order valence-electron chi connectivity index (χ2n) is 5.42. The van der Waals surface area contributed by atoms with E-state index >= 15 is 0 Å². The van der Waals surface area contributed by atoms with Crippen LogP contribution in [0.15, 0.2) is 24.3 Å². The zero-order valence-electron chi connectivity index (χ0n) is 12.4. The molecular formula is C17H17F2N3. The zero-order valence-corrected chi connectivity index (χ0v) is 12.4. The van der Waals surface area contributed by atoms with Crippen LogP contribution in [0.4, 0.5) is 14.6 Å². The molecule has 1 aromatic carbocycles. The van der Waals surface area contributed by atoms with Crippen LogP contribution in [0.2, 0.25) is 0 Å². The van der Waals surface area contributed by atoms with Gasteiger partial charge in [-0.2, -0.15) is 0 Å². The Kier molecular flexibility index (Phi) is 4.13. The van der Waals surface area contributed by atoms with E-state index in [0.29, 0.717) is 11.4 Å². The van der Waals surface area contributed by atoms with Crippen molar-refractivity contribution >= 4 is 18.0 Å². The minimum atomic E-state index is -0.594. The van der Waals surface area contributed by atoms with Crippen LogP contribution >= 0.6 is 0 Å². The molecule has 1 aliphatic rings. The van der Waals surface area contributed by atoms with Crippen LogP contribution in [0, 0.1) is 18.6 Å². The topological polar surface area (TPSA) is 29.0 Å². The van der Waals surface area contributed by atoms with Crippen LogP contribution in [-0.4, -0.2) is 23.1 Å². The van der Waals surface area contributed by atoms with Crippen molar-refractivity contribution in [3.63, 3.8) is 0 Å². The third-order valence-corrected chi connectivity index (χ3v) is 3.66. The summed E-state index contributed by atoms with van der Waals surface area (Å²) in [5.41, 5.74) is 1.19. The summed E-state index contributed by atoms with van der Waals surface area (Å²) in [6.07, 6.45) is 5.57. The smallest absolute Gasteiger partial charge is 0.154 e. The molecule has 1 fully saturated rings. The van der Waals surface area contributed by atoms with Gasteiger partial charge in [0.05, 0.1) is 0 Å². The molecule has 2 heterocycles. The fourth-order valence-electron chi connectivity index (χ4n) is 2.56. The van der Waals surface area contributed by atoms with Crippen molar-refractivity contribution in [3.8, 4) is 0 Å². The summed E-state index contributed by atoms with van der Waals surface area (Å²) in [5, 5.41) is 0. The van der Waals surface area contributed by atoms with Crippen LogP contribution in [0.25, 0.3) is 12.2 Å². The molecule has 1 aliphatic heterocycles. The van der Waals surface area contributed by atoms with Gasteiger partial charge in [0, 0.05) is 36.5 Å². The second kappa shape index (κ2) is 6.22. The first-order valence-corrected chi connectivity index (χ1v) is 7.35. The first-order valence-electron chi connectivity index (χ1n) is 7.35. The summed E-state index contributed by atoms with van der Waals surface area (Å²) in [5.74, 6) is 0.260. The van der Waals surface area contributed by atoms with Crippen molar-refractivity contribution in [1.29, 1.82) is 0 Å². The molecule has 0 N–H and O–H groups in total. The van der Waals surface area contributed by atoms with Gasteiger partial charge in [0.15, 0.2) is 5.82 Å². The number of nitrogens with zero attached hydrogens (tertiary/aromatic N) is 3. The number of aryl methyl sites for hydroxylation is 1. The minimum Gasteiger partial charge on any atom is -0.356 e. The van der Waals surface area contributed by atoms with E-state index in [-0.39, 0.29) is 0 Å². The number of rotatable bonds is 3. The highest BCUT2D eigenvalue weighted by Gasteiger charge is 2.14. The van der Waals surface area contributed by atoms with Gasteiger partial charge in [0.25, 0.3) is 0 Å². The second-order valence-corrected chi connectivity index (χ2v) is 5.42. The SMILES string of the molecule is Cc1cc(N2CCCC2)nc(/C=C/c2ccc(F)cc2F)n1. The monoisotopic (exact) mass is 301 g/mol. The lowest BCUT2D eigenvalue weighted by atomic mass is 10.2. The Hall–Kier alpha value is -2.30. The molecule has 0 amide bonds. The average molecular weight is 301 g/mol. The molecule has 3 nitrogen and oxygen atoms in total. The van der Waals surface area contributed by atoms with Crippen LogP contribution < -0.4 is 4.90 Å². The molecule has 0 saturated carbocycles. The lowest BCUT2D eigenvalue weighted by Gasteiger charge is -2.16. The van der Waals surface area contributed by atoms with E-state index in [0.717, 1.165) is 30.7 Å². The number of benzene rings is 1. The standard InChI is InChI=1S/C17H17F2N3/c1-12-10-17(22-8-2-3-9-22)21-16(20-12)7-5-13-4-6-14(18)11-15(13)19/h4-7,10-11H,2-3,8-9H2,1H3/b7-5+. The fraction of sp³-hybridized carbons (Fsp3) is 0.294. The van der Waals surface area contributed by atoms with E-state index < -0.39 is 11.6 Å². The largest absolute Gasteiger partial charge is 0.356 e. The third kappa shape index (κ3) is 3.30. The summed E-state index contributed by atoms with van der Waals surface area (Å²) in [6.45, 7) is 3.93. The summed E-state index contributed by atoms with van der Waals surface area (Å²) >= 11 is 0. The molecule has 3 rings (SSSR count). The third-order valence-electron chi connectivity index (χ3n) is 3.66. The number of hydrogen-bond donors (Lipinski definition) is 0. The molecule has 1 saturated heterocycles. The Bertz CT molecular complexity index is 707. The Morgan fingerprint density at radius 1 is 1.05 bits per heavy atom. The lowest BCUT2D eigenvalue weighted by Crippen LogP contribution is -2.19. The minimum absolute atomic E-state index is 0.314. The normalized spacial score (nSPS) is 15.0. The molecule has 2 aromatic rings. The Morgan fingerprint density at radius 2 is 1.82 bits per heavy atom. The molecule has 0 unspecified atom stereocenters. The first-order chi connectivity index (χ1) is 10.6. The fourth-order valence-corrected chi connectivity index (χ4v) is 2.56. The van der Waals surface area contributed by atoms with E-state index in [1.165, 1.54) is 25.0 Å². The Balaban J connectivity index is 1.86. The van der Waals surface area contributed by atoms with Gasteiger partial charge in [-0.25, -0.2) is 18.7 Å². The maximum Gasteiger partial charge on any atom is 0.154 e. The van der Waals surface area contributed by atoms with Crippen LogP contribution in [0.1, 0.15) is 29.9 Å². The van der Waals surface area contributed by atoms with Crippen molar-refractivity contribution in [1.82, 2.24) is 9.97 Å². The predicted octanol–water partition coefficient (Wildman–Crippen LogP) is 3.83. The molecule has 0 spiro atoms. The molecule has 0 atom stereocenters. The molecular weight excluding hydrogens is 284 g/mol. The molecule has 114 valence electrons. The van der Waals surface area contributed by atoms with Gasteiger partial charge in [0.1, 0.15) is 17.5 Å². The lowest BCUT2D eigenvalue weighted by molar-refractivity contribution is 0.581. The highest BCUT2D eigenvalue weighted by Crippen LogP contribution is 2.19. The van der Waals surface area contributed by atoms with E-state index in [1.807, 2.05) is 13.0 Å². The van der Waals surface area contributed by atoms with Crippen LogP contribution in [0.3, 0.4) is 0 Å². The summed E-state index contributed by atoms with van der Waals surface area (Å²) < 4.78 is 26.5.